The van der Waals surface area contributed by atoms with Crippen LogP contribution in [0.15, 0.2) is 34.4 Å². The Morgan fingerprint density at radius 1 is 1.60 bits per heavy atom. The molecule has 4 nitrogen and oxygen atoms in total. The Hall–Kier alpha value is -1.62. The van der Waals surface area contributed by atoms with E-state index in [4.69, 9.17) is 4.42 Å². The van der Waals surface area contributed by atoms with Gasteiger partial charge in [0.05, 0.1) is 6.20 Å². The Morgan fingerprint density at radius 3 is 3.20 bits per heavy atom. The molecule has 2 aromatic heterocycles. The number of hydrogen-bond donors (Lipinski definition) is 1. The van der Waals surface area contributed by atoms with E-state index in [9.17, 15) is 4.79 Å². The lowest BCUT2D eigenvalue weighted by molar-refractivity contribution is -0.116. The second-order valence-corrected chi connectivity index (χ2v) is 4.00. The van der Waals surface area contributed by atoms with Crippen LogP contribution in [0.5, 0.6) is 0 Å². The van der Waals surface area contributed by atoms with Gasteiger partial charge in [-0.1, -0.05) is 6.07 Å². The highest BCUT2D eigenvalue weighted by Crippen LogP contribution is 2.11. The van der Waals surface area contributed by atoms with Gasteiger partial charge in [0.1, 0.15) is 6.26 Å². The van der Waals surface area contributed by atoms with Gasteiger partial charge in [-0.25, -0.2) is 4.98 Å². The highest BCUT2D eigenvalue weighted by Gasteiger charge is 2.05. The highest BCUT2D eigenvalue weighted by molar-refractivity contribution is 7.09. The summed E-state index contributed by atoms with van der Waals surface area (Å²) in [5.41, 5.74) is 0. The third-order valence-corrected chi connectivity index (χ3v) is 2.79. The van der Waals surface area contributed by atoms with E-state index >= 15 is 0 Å². The van der Waals surface area contributed by atoms with Crippen molar-refractivity contribution in [2.45, 2.75) is 12.8 Å². The second kappa shape index (κ2) is 4.75. The summed E-state index contributed by atoms with van der Waals surface area (Å²) < 4.78 is 4.90. The Labute approximate surface area is 90.9 Å². The fraction of sp³-hybridized carbons (Fsp3) is 0.200. The molecule has 0 atom stereocenters. The molecule has 0 aromatic carbocycles. The van der Waals surface area contributed by atoms with Crippen LogP contribution in [0.25, 0.3) is 0 Å². The average molecular weight is 222 g/mol. The number of nitrogens with zero attached hydrogens (tertiary/aromatic N) is 1. The number of aromatic nitrogens is 1. The van der Waals surface area contributed by atoms with Crippen molar-refractivity contribution in [2.24, 2.45) is 0 Å². The third-order valence-electron chi connectivity index (χ3n) is 1.86. The lowest BCUT2D eigenvalue weighted by Crippen LogP contribution is -2.12. The summed E-state index contributed by atoms with van der Waals surface area (Å²) in [5.74, 6) is -0.0779. The van der Waals surface area contributed by atoms with E-state index < -0.39 is 0 Å². The molecule has 5 heteroatoms. The summed E-state index contributed by atoms with van der Waals surface area (Å²) in [6.07, 6.45) is 4.12. The van der Waals surface area contributed by atoms with Crippen molar-refractivity contribution < 1.29 is 9.21 Å². The molecule has 0 aliphatic rings. The number of nitrogens with one attached hydrogen (secondary N) is 1. The molecule has 0 aliphatic heterocycles. The Bertz CT molecular complexity index is 409. The quantitative estimate of drug-likeness (QED) is 0.863. The maximum Gasteiger partial charge on any atom is 0.301 e. The molecule has 0 aliphatic carbocycles. The van der Waals surface area contributed by atoms with Crippen molar-refractivity contribution in [1.82, 2.24) is 4.98 Å². The van der Waals surface area contributed by atoms with Crippen LogP contribution in [0.1, 0.15) is 11.3 Å². The average Bonchev–Trinajstić information content (AvgIpc) is 2.86. The fourth-order valence-corrected chi connectivity index (χ4v) is 1.87. The van der Waals surface area contributed by atoms with Crippen LogP contribution in [0, 0.1) is 0 Å². The maximum absolute atomic E-state index is 11.4. The van der Waals surface area contributed by atoms with E-state index in [0.717, 1.165) is 6.42 Å². The standard InChI is InChI=1S/C10H10N2O2S/c13-9(12-10-11-5-6-14-10)4-3-8-2-1-7-15-8/h1-2,5-7H,3-4H2,(H,11,12,13). The second-order valence-electron chi connectivity index (χ2n) is 2.96. The normalized spacial score (nSPS) is 10.1. The minimum atomic E-state index is -0.0779. The first-order valence-electron chi connectivity index (χ1n) is 4.56. The zero-order valence-electron chi connectivity index (χ0n) is 7.97. The smallest absolute Gasteiger partial charge is 0.301 e. The van der Waals surface area contributed by atoms with Gasteiger partial charge in [0, 0.05) is 11.3 Å². The van der Waals surface area contributed by atoms with Crippen LogP contribution in [0.2, 0.25) is 0 Å². The van der Waals surface area contributed by atoms with Gasteiger partial charge in [0.2, 0.25) is 5.91 Å². The molecule has 0 bridgehead atoms. The number of aryl methyl sites for hydroxylation is 1. The number of hydrogen-bond acceptors (Lipinski definition) is 4. The molecule has 0 saturated carbocycles. The molecular formula is C10H10N2O2S. The number of amides is 1. The predicted octanol–water partition coefficient (Wildman–Crippen LogP) is 2.31. The third kappa shape index (κ3) is 2.92. The molecule has 0 unspecified atom stereocenters. The van der Waals surface area contributed by atoms with E-state index in [2.05, 4.69) is 10.3 Å². The minimum Gasteiger partial charge on any atom is -0.432 e. The van der Waals surface area contributed by atoms with Gasteiger partial charge in [-0.2, -0.15) is 0 Å². The molecule has 15 heavy (non-hydrogen) atoms. The zero-order chi connectivity index (χ0) is 10.5. The van der Waals surface area contributed by atoms with Gasteiger partial charge in [-0.15, -0.1) is 11.3 Å². The van der Waals surface area contributed by atoms with Crippen LogP contribution < -0.4 is 5.32 Å². The fourth-order valence-electron chi connectivity index (χ4n) is 1.16. The number of carbonyl (C=O) groups excluding carboxylic acids is 1. The van der Waals surface area contributed by atoms with Crippen LogP contribution in [0.4, 0.5) is 6.01 Å². The molecule has 2 aromatic rings. The van der Waals surface area contributed by atoms with E-state index in [1.807, 2.05) is 17.5 Å². The summed E-state index contributed by atoms with van der Waals surface area (Å²) in [6, 6.07) is 4.25. The van der Waals surface area contributed by atoms with Crippen molar-refractivity contribution in [2.75, 3.05) is 5.32 Å². The molecule has 1 N–H and O–H groups in total. The van der Waals surface area contributed by atoms with E-state index in [1.54, 1.807) is 11.3 Å². The summed E-state index contributed by atoms with van der Waals surface area (Å²) in [7, 11) is 0. The van der Waals surface area contributed by atoms with E-state index in [1.165, 1.54) is 17.3 Å². The number of carbonyl (C=O) groups is 1. The minimum absolute atomic E-state index is 0.0779. The number of oxazole rings is 1. The van der Waals surface area contributed by atoms with Crippen molar-refractivity contribution >= 4 is 23.3 Å². The maximum atomic E-state index is 11.4. The van der Waals surface area contributed by atoms with Gasteiger partial charge < -0.3 is 4.42 Å². The monoisotopic (exact) mass is 222 g/mol. The summed E-state index contributed by atoms with van der Waals surface area (Å²) in [5, 5.41) is 4.57. The summed E-state index contributed by atoms with van der Waals surface area (Å²) in [4.78, 5) is 16.4. The lowest BCUT2D eigenvalue weighted by atomic mass is 10.2. The first-order chi connectivity index (χ1) is 7.34. The topological polar surface area (TPSA) is 55.1 Å². The number of thiophene rings is 1. The van der Waals surface area contributed by atoms with E-state index in [-0.39, 0.29) is 11.9 Å². The van der Waals surface area contributed by atoms with E-state index in [0.29, 0.717) is 6.42 Å². The van der Waals surface area contributed by atoms with Gasteiger partial charge in [0.15, 0.2) is 0 Å². The Kier molecular flexibility index (Phi) is 3.14. The molecule has 0 fully saturated rings. The Balaban J connectivity index is 1.78. The van der Waals surface area contributed by atoms with Crippen LogP contribution >= 0.6 is 11.3 Å². The first kappa shape index (κ1) is 9.92. The number of rotatable bonds is 4. The predicted molar refractivity (Wildman–Crippen MR) is 57.8 cm³/mol. The molecule has 0 radical (unpaired) electrons. The number of anilines is 1. The highest BCUT2D eigenvalue weighted by atomic mass is 32.1. The molecule has 0 saturated heterocycles. The zero-order valence-corrected chi connectivity index (χ0v) is 8.79. The largest absolute Gasteiger partial charge is 0.432 e. The lowest BCUT2D eigenvalue weighted by Gasteiger charge is -1.98. The first-order valence-corrected chi connectivity index (χ1v) is 5.44. The van der Waals surface area contributed by atoms with Crippen molar-refractivity contribution in [3.05, 3.63) is 34.8 Å². The van der Waals surface area contributed by atoms with Crippen molar-refractivity contribution in [3.63, 3.8) is 0 Å². The van der Waals surface area contributed by atoms with Gasteiger partial charge in [-0.3, -0.25) is 10.1 Å². The summed E-state index contributed by atoms with van der Waals surface area (Å²) >= 11 is 1.65. The van der Waals surface area contributed by atoms with Gasteiger partial charge >= 0.3 is 6.01 Å². The molecular weight excluding hydrogens is 212 g/mol. The molecule has 78 valence electrons. The van der Waals surface area contributed by atoms with Gasteiger partial charge in [0.25, 0.3) is 0 Å². The summed E-state index contributed by atoms with van der Waals surface area (Å²) in [6.45, 7) is 0. The SMILES string of the molecule is O=C(CCc1cccs1)Nc1ncco1. The molecule has 2 rings (SSSR count). The van der Waals surface area contributed by atoms with Crippen LogP contribution in [-0.4, -0.2) is 10.9 Å². The molecule has 2 heterocycles. The van der Waals surface area contributed by atoms with Crippen LogP contribution in [0.3, 0.4) is 0 Å². The van der Waals surface area contributed by atoms with Crippen LogP contribution in [-0.2, 0) is 11.2 Å². The molecule has 0 spiro atoms. The van der Waals surface area contributed by atoms with Crippen molar-refractivity contribution in [3.8, 4) is 0 Å². The Morgan fingerprint density at radius 2 is 2.53 bits per heavy atom. The van der Waals surface area contributed by atoms with Crippen molar-refractivity contribution in [1.29, 1.82) is 0 Å². The van der Waals surface area contributed by atoms with Gasteiger partial charge in [-0.05, 0) is 17.9 Å². The molecule has 1 amide bonds.